The van der Waals surface area contributed by atoms with Crippen molar-refractivity contribution < 1.29 is 34.0 Å². The van der Waals surface area contributed by atoms with E-state index >= 15 is 0 Å². The van der Waals surface area contributed by atoms with E-state index in [0.29, 0.717) is 11.1 Å². The van der Waals surface area contributed by atoms with Crippen molar-refractivity contribution in [3.05, 3.63) is 35.5 Å². The molecule has 0 aromatic heterocycles. The summed E-state index contributed by atoms with van der Waals surface area (Å²) in [5, 5.41) is 33.9. The first-order valence-electron chi connectivity index (χ1n) is 11.8. The third-order valence-electron chi connectivity index (χ3n) is 8.84. The van der Waals surface area contributed by atoms with Crippen molar-refractivity contribution in [3.8, 4) is 0 Å². The molecule has 0 heterocycles. The molecule has 1 saturated carbocycles. The van der Waals surface area contributed by atoms with Crippen LogP contribution in [0.4, 0.5) is 4.39 Å². The van der Waals surface area contributed by atoms with Gasteiger partial charge in [0, 0.05) is 23.7 Å². The summed E-state index contributed by atoms with van der Waals surface area (Å²) in [4.78, 5) is 25.9. The molecule has 0 aliphatic heterocycles. The highest BCUT2D eigenvalue weighted by Crippen LogP contribution is 2.63. The van der Waals surface area contributed by atoms with Crippen molar-refractivity contribution in [1.82, 2.24) is 0 Å². The molecule has 7 atom stereocenters. The lowest BCUT2D eigenvalue weighted by Gasteiger charge is -2.61. The summed E-state index contributed by atoms with van der Waals surface area (Å²) in [5.74, 6) is -3.25. The standard InChI is InChI=1S/C26H38FNO6/c1-14(7-8-27)20(28)22(31)34-24(6)11-16(3)26(33)18(23(24,4)5)10-17(13-29)12-25(32)19(26)9-15(2)21(25)30/h9-10,16,18-20,29,32-33H,1,7-8,11-13,28H2,2-6H3/t16-,18+,19-,20-,24-,25-,26-/m1/s1. The van der Waals surface area contributed by atoms with Gasteiger partial charge in [0.2, 0.25) is 0 Å². The van der Waals surface area contributed by atoms with Gasteiger partial charge in [-0.25, -0.2) is 4.79 Å². The number of carbonyl (C=O) groups excluding carboxylic acids is 2. The molecule has 34 heavy (non-hydrogen) atoms. The zero-order valence-corrected chi connectivity index (χ0v) is 20.7. The Bertz CT molecular complexity index is 957. The lowest BCUT2D eigenvalue weighted by molar-refractivity contribution is -0.246. The molecule has 0 unspecified atom stereocenters. The fourth-order valence-electron chi connectivity index (χ4n) is 6.37. The zero-order chi connectivity index (χ0) is 25.9. The number of nitrogens with two attached hydrogens (primary N) is 1. The summed E-state index contributed by atoms with van der Waals surface area (Å²) in [6, 6.07) is -1.18. The molecule has 0 amide bonds. The predicted octanol–water partition coefficient (Wildman–Crippen LogP) is 2.14. The van der Waals surface area contributed by atoms with E-state index < -0.39 is 64.4 Å². The molecule has 0 spiro atoms. The van der Waals surface area contributed by atoms with Gasteiger partial charge in [-0.15, -0.1) is 0 Å². The molecule has 0 aromatic rings. The van der Waals surface area contributed by atoms with Crippen molar-refractivity contribution in [2.24, 2.45) is 28.9 Å². The van der Waals surface area contributed by atoms with Crippen LogP contribution in [-0.2, 0) is 14.3 Å². The molecule has 0 saturated heterocycles. The number of aliphatic hydroxyl groups excluding tert-OH is 1. The van der Waals surface area contributed by atoms with Crippen LogP contribution in [0.15, 0.2) is 35.5 Å². The summed E-state index contributed by atoms with van der Waals surface area (Å²) in [7, 11) is 0. The number of rotatable bonds is 6. The van der Waals surface area contributed by atoms with E-state index in [-0.39, 0.29) is 31.4 Å². The van der Waals surface area contributed by atoms with Crippen LogP contribution in [0, 0.1) is 23.2 Å². The van der Waals surface area contributed by atoms with Gasteiger partial charge in [-0.05, 0) is 49.3 Å². The fraction of sp³-hybridized carbons (Fsp3) is 0.692. The van der Waals surface area contributed by atoms with Gasteiger partial charge < -0.3 is 25.8 Å². The Morgan fingerprint density at radius 3 is 2.47 bits per heavy atom. The fourth-order valence-corrected chi connectivity index (χ4v) is 6.37. The number of hydrogen-bond donors (Lipinski definition) is 4. The number of alkyl halides is 1. The number of aliphatic hydroxyl groups is 3. The van der Waals surface area contributed by atoms with Crippen molar-refractivity contribution in [2.45, 2.75) is 76.7 Å². The van der Waals surface area contributed by atoms with Gasteiger partial charge in [0.05, 0.1) is 18.9 Å². The average Bonchev–Trinajstić information content (AvgIpc) is 2.91. The van der Waals surface area contributed by atoms with Crippen molar-refractivity contribution >= 4 is 11.8 Å². The first-order chi connectivity index (χ1) is 15.6. The summed E-state index contributed by atoms with van der Waals surface area (Å²) >= 11 is 0. The molecule has 8 heteroatoms. The first kappa shape index (κ1) is 26.7. The normalized spacial score (nSPS) is 39.8. The van der Waals surface area contributed by atoms with E-state index in [2.05, 4.69) is 6.58 Å². The van der Waals surface area contributed by atoms with Gasteiger partial charge in [-0.3, -0.25) is 9.18 Å². The Morgan fingerprint density at radius 1 is 1.29 bits per heavy atom. The molecule has 3 rings (SSSR count). The lowest BCUT2D eigenvalue weighted by Crippen LogP contribution is -2.69. The van der Waals surface area contributed by atoms with E-state index in [0.717, 1.165) is 0 Å². The van der Waals surface area contributed by atoms with Crippen LogP contribution in [0.3, 0.4) is 0 Å². The Labute approximate surface area is 200 Å². The zero-order valence-electron chi connectivity index (χ0n) is 20.7. The molecule has 5 N–H and O–H groups in total. The lowest BCUT2D eigenvalue weighted by atomic mass is 9.48. The smallest absolute Gasteiger partial charge is 0.327 e. The number of hydrogen-bond acceptors (Lipinski definition) is 7. The highest BCUT2D eigenvalue weighted by molar-refractivity contribution is 6.04. The molecule has 0 radical (unpaired) electrons. The second-order valence-electron chi connectivity index (χ2n) is 11.2. The van der Waals surface area contributed by atoms with Gasteiger partial charge in [-0.2, -0.15) is 0 Å². The highest BCUT2D eigenvalue weighted by atomic mass is 19.1. The second kappa shape index (κ2) is 8.66. The maximum Gasteiger partial charge on any atom is 0.327 e. The molecule has 3 aliphatic carbocycles. The van der Waals surface area contributed by atoms with Crippen LogP contribution in [0.5, 0.6) is 0 Å². The number of halogens is 1. The molecular formula is C26H38FNO6. The summed E-state index contributed by atoms with van der Waals surface area (Å²) < 4.78 is 18.7. The number of esters is 1. The van der Waals surface area contributed by atoms with Crippen LogP contribution in [-0.4, -0.2) is 63.2 Å². The van der Waals surface area contributed by atoms with Crippen LogP contribution >= 0.6 is 0 Å². The van der Waals surface area contributed by atoms with E-state index in [9.17, 15) is 29.3 Å². The quantitative estimate of drug-likeness (QED) is 0.339. The topological polar surface area (TPSA) is 130 Å². The maximum absolute atomic E-state index is 13.0. The van der Waals surface area contributed by atoms with Gasteiger partial charge >= 0.3 is 5.97 Å². The van der Waals surface area contributed by atoms with Gasteiger partial charge in [0.25, 0.3) is 0 Å². The first-order valence-corrected chi connectivity index (χ1v) is 11.8. The Kier molecular flexibility index (Phi) is 6.81. The van der Waals surface area contributed by atoms with Crippen LogP contribution in [0.1, 0.15) is 53.9 Å². The van der Waals surface area contributed by atoms with Crippen LogP contribution < -0.4 is 5.73 Å². The third kappa shape index (κ3) is 3.70. The van der Waals surface area contributed by atoms with Gasteiger partial charge in [0.1, 0.15) is 17.2 Å². The van der Waals surface area contributed by atoms with Crippen molar-refractivity contribution in [3.63, 3.8) is 0 Å². The summed E-state index contributed by atoms with van der Waals surface area (Å²) in [6.07, 6.45) is 3.47. The Morgan fingerprint density at radius 2 is 1.91 bits per heavy atom. The molecule has 0 aromatic carbocycles. The molecule has 7 nitrogen and oxygen atoms in total. The number of carbonyl (C=O) groups is 2. The number of ketones is 1. The third-order valence-corrected chi connectivity index (χ3v) is 8.84. The van der Waals surface area contributed by atoms with Crippen molar-refractivity contribution in [2.75, 3.05) is 13.3 Å². The number of Topliss-reactive ketones (excluding diaryl/α,β-unsaturated/α-hetero) is 1. The second-order valence-corrected chi connectivity index (χ2v) is 11.2. The van der Waals surface area contributed by atoms with Crippen LogP contribution in [0.2, 0.25) is 0 Å². The Hall–Kier alpha value is -1.87. The molecular weight excluding hydrogens is 441 g/mol. The summed E-state index contributed by atoms with van der Waals surface area (Å²) in [6.45, 7) is 11.5. The van der Waals surface area contributed by atoms with Crippen molar-refractivity contribution in [1.29, 1.82) is 0 Å². The predicted molar refractivity (Wildman–Crippen MR) is 125 cm³/mol. The van der Waals surface area contributed by atoms with Crippen LogP contribution in [0.25, 0.3) is 0 Å². The van der Waals surface area contributed by atoms with E-state index in [4.69, 9.17) is 10.5 Å². The average molecular weight is 480 g/mol. The van der Waals surface area contributed by atoms with E-state index in [1.807, 2.05) is 13.8 Å². The molecule has 3 aliphatic rings. The van der Waals surface area contributed by atoms with Gasteiger partial charge in [-0.1, -0.05) is 39.5 Å². The maximum atomic E-state index is 13.0. The minimum Gasteiger partial charge on any atom is -0.457 e. The van der Waals surface area contributed by atoms with E-state index in [1.54, 1.807) is 32.9 Å². The Balaban J connectivity index is 2.08. The molecule has 0 bridgehead atoms. The summed E-state index contributed by atoms with van der Waals surface area (Å²) in [5.41, 5.74) is 1.62. The SMILES string of the molecule is C=C(CCF)[C@@H](N)C(=O)O[C@]1(C)C[C@@H](C)[C@@]2(O)[C@@H](C=C(CO)C[C@]3(O)C(=O)C(C)=C[C@@H]23)C1(C)C. The minimum atomic E-state index is -1.86. The van der Waals surface area contributed by atoms with E-state index in [1.165, 1.54) is 0 Å². The van der Waals surface area contributed by atoms with Gasteiger partial charge in [0.15, 0.2) is 5.78 Å². The number of ether oxygens (including phenoxy) is 1. The highest BCUT2D eigenvalue weighted by Gasteiger charge is 2.69. The largest absolute Gasteiger partial charge is 0.457 e. The minimum absolute atomic E-state index is 0.0439. The molecule has 1 fully saturated rings. The molecule has 190 valence electrons. The monoisotopic (exact) mass is 479 g/mol. The number of fused-ring (bicyclic) bond motifs is 3.